The van der Waals surface area contributed by atoms with Crippen LogP contribution in [-0.2, 0) is 11.3 Å². The summed E-state index contributed by atoms with van der Waals surface area (Å²) >= 11 is 12.0. The molecule has 24 heavy (non-hydrogen) atoms. The molecule has 1 unspecified atom stereocenters. The van der Waals surface area contributed by atoms with E-state index in [1.807, 2.05) is 6.07 Å². The maximum absolute atomic E-state index is 12.7. The second-order valence-electron chi connectivity index (χ2n) is 7.08. The molecule has 2 aliphatic rings. The van der Waals surface area contributed by atoms with E-state index in [0.29, 0.717) is 41.0 Å². The zero-order valence-electron chi connectivity index (χ0n) is 13.7. The summed E-state index contributed by atoms with van der Waals surface area (Å²) in [6, 6.07) is 5.39. The van der Waals surface area contributed by atoms with E-state index < -0.39 is 0 Å². The average Bonchev–Trinajstić information content (AvgIpc) is 2.95. The lowest BCUT2D eigenvalue weighted by Crippen LogP contribution is -2.45. The van der Waals surface area contributed by atoms with Crippen molar-refractivity contribution in [2.75, 3.05) is 19.7 Å². The lowest BCUT2D eigenvalue weighted by atomic mass is 9.74. The third kappa shape index (κ3) is 4.05. The van der Waals surface area contributed by atoms with Crippen molar-refractivity contribution in [3.63, 3.8) is 0 Å². The van der Waals surface area contributed by atoms with Crippen LogP contribution in [0.15, 0.2) is 18.2 Å². The van der Waals surface area contributed by atoms with Gasteiger partial charge in [0.2, 0.25) is 5.91 Å². The van der Waals surface area contributed by atoms with Gasteiger partial charge >= 0.3 is 0 Å². The maximum atomic E-state index is 12.7. The third-order valence-corrected chi connectivity index (χ3v) is 6.04. The summed E-state index contributed by atoms with van der Waals surface area (Å²) in [7, 11) is 0. The van der Waals surface area contributed by atoms with Gasteiger partial charge in [-0.1, -0.05) is 29.3 Å². The van der Waals surface area contributed by atoms with Crippen molar-refractivity contribution in [1.82, 2.24) is 10.2 Å². The smallest absolute Gasteiger partial charge is 0.223 e. The molecule has 1 aliphatic carbocycles. The number of nitrogens with one attached hydrogen (secondary N) is 1. The van der Waals surface area contributed by atoms with Crippen molar-refractivity contribution in [3.05, 3.63) is 33.8 Å². The Kier molecular flexibility index (Phi) is 5.70. The maximum Gasteiger partial charge on any atom is 0.223 e. The van der Waals surface area contributed by atoms with Gasteiger partial charge in [0.15, 0.2) is 0 Å². The summed E-state index contributed by atoms with van der Waals surface area (Å²) in [5.41, 5.74) is 1.24. The van der Waals surface area contributed by atoms with E-state index in [1.165, 1.54) is 19.3 Å². The standard InChI is InChI=1S/C18H24Cl2N2O2/c19-15-3-2-13(8-16(15)20)12-22(6-7-23)17(24)9-14-10-18(21-11-14)4-1-5-18/h2-3,8,14,21,23H,1,4-7,9-12H2. The summed E-state index contributed by atoms with van der Waals surface area (Å²) in [5, 5.41) is 13.9. The zero-order valence-corrected chi connectivity index (χ0v) is 15.2. The molecule has 0 radical (unpaired) electrons. The Morgan fingerprint density at radius 1 is 1.33 bits per heavy atom. The van der Waals surface area contributed by atoms with Crippen molar-refractivity contribution in [2.45, 2.75) is 44.2 Å². The van der Waals surface area contributed by atoms with Crippen molar-refractivity contribution in [3.8, 4) is 0 Å². The predicted octanol–water partition coefficient (Wildman–Crippen LogP) is 3.24. The first-order chi connectivity index (χ1) is 11.5. The number of rotatable bonds is 6. The molecule has 1 spiro atoms. The fourth-order valence-electron chi connectivity index (χ4n) is 3.83. The summed E-state index contributed by atoms with van der Waals surface area (Å²) in [6.45, 7) is 1.66. The Bertz CT molecular complexity index is 605. The average molecular weight is 371 g/mol. The minimum atomic E-state index is -0.0417. The molecular formula is C18H24Cl2N2O2. The second-order valence-corrected chi connectivity index (χ2v) is 7.89. The molecule has 1 heterocycles. The fraction of sp³-hybridized carbons (Fsp3) is 0.611. The highest BCUT2D eigenvalue weighted by molar-refractivity contribution is 6.42. The summed E-state index contributed by atoms with van der Waals surface area (Å²) in [6.07, 6.45) is 5.40. The third-order valence-electron chi connectivity index (χ3n) is 5.30. The Morgan fingerprint density at radius 3 is 2.71 bits per heavy atom. The number of amides is 1. The second kappa shape index (κ2) is 7.61. The van der Waals surface area contributed by atoms with E-state index in [2.05, 4.69) is 5.32 Å². The monoisotopic (exact) mass is 370 g/mol. The number of carbonyl (C=O) groups excluding carboxylic acids is 1. The molecule has 1 saturated carbocycles. The van der Waals surface area contributed by atoms with Crippen molar-refractivity contribution >= 4 is 29.1 Å². The first kappa shape index (κ1) is 18.0. The number of carbonyl (C=O) groups is 1. The van der Waals surface area contributed by atoms with Crippen LogP contribution >= 0.6 is 23.2 Å². The van der Waals surface area contributed by atoms with E-state index in [1.54, 1.807) is 17.0 Å². The largest absolute Gasteiger partial charge is 0.395 e. The Balaban J connectivity index is 1.59. The van der Waals surface area contributed by atoms with E-state index in [9.17, 15) is 9.90 Å². The quantitative estimate of drug-likeness (QED) is 0.807. The SMILES string of the molecule is O=C(CC1CNC2(CCC2)C1)N(CCO)Cc1ccc(Cl)c(Cl)c1. The van der Waals surface area contributed by atoms with Gasteiger partial charge < -0.3 is 15.3 Å². The molecule has 0 bridgehead atoms. The summed E-state index contributed by atoms with van der Waals surface area (Å²) < 4.78 is 0. The number of nitrogens with zero attached hydrogens (tertiary/aromatic N) is 1. The van der Waals surface area contributed by atoms with Gasteiger partial charge in [0.05, 0.1) is 16.7 Å². The van der Waals surface area contributed by atoms with Crippen LogP contribution in [0, 0.1) is 5.92 Å². The first-order valence-corrected chi connectivity index (χ1v) is 9.34. The van der Waals surface area contributed by atoms with Crippen LogP contribution in [0.25, 0.3) is 0 Å². The van der Waals surface area contributed by atoms with Crippen LogP contribution in [0.5, 0.6) is 0 Å². The van der Waals surface area contributed by atoms with Gasteiger partial charge in [-0.3, -0.25) is 4.79 Å². The van der Waals surface area contributed by atoms with Crippen LogP contribution in [0.3, 0.4) is 0 Å². The highest BCUT2D eigenvalue weighted by Crippen LogP contribution is 2.41. The topological polar surface area (TPSA) is 52.6 Å². The number of benzene rings is 1. The van der Waals surface area contributed by atoms with Crippen LogP contribution in [0.2, 0.25) is 10.0 Å². The number of aliphatic hydroxyl groups excluding tert-OH is 1. The van der Waals surface area contributed by atoms with Crippen molar-refractivity contribution in [1.29, 1.82) is 0 Å². The molecule has 3 rings (SSSR count). The molecule has 0 aromatic heterocycles. The van der Waals surface area contributed by atoms with Crippen LogP contribution in [-0.4, -0.2) is 41.1 Å². The van der Waals surface area contributed by atoms with E-state index >= 15 is 0 Å². The molecule has 1 aliphatic heterocycles. The highest BCUT2D eigenvalue weighted by atomic mass is 35.5. The molecule has 132 valence electrons. The number of halogens is 2. The molecule has 1 aromatic rings. The molecule has 2 N–H and O–H groups in total. The van der Waals surface area contributed by atoms with E-state index in [0.717, 1.165) is 18.5 Å². The van der Waals surface area contributed by atoms with Gasteiger partial charge in [0, 0.05) is 25.0 Å². The van der Waals surface area contributed by atoms with Crippen LogP contribution in [0.4, 0.5) is 0 Å². The minimum absolute atomic E-state index is 0.0417. The first-order valence-electron chi connectivity index (χ1n) is 8.59. The molecule has 1 saturated heterocycles. The van der Waals surface area contributed by atoms with Gasteiger partial charge in [0.1, 0.15) is 0 Å². The van der Waals surface area contributed by atoms with Gasteiger partial charge in [-0.15, -0.1) is 0 Å². The molecular weight excluding hydrogens is 347 g/mol. The number of aliphatic hydroxyl groups is 1. The Morgan fingerprint density at radius 2 is 2.12 bits per heavy atom. The molecule has 6 heteroatoms. The molecule has 2 fully saturated rings. The van der Waals surface area contributed by atoms with Gasteiger partial charge in [-0.05, 0) is 55.8 Å². The van der Waals surface area contributed by atoms with Crippen molar-refractivity contribution < 1.29 is 9.90 Å². The van der Waals surface area contributed by atoms with Crippen LogP contribution < -0.4 is 5.32 Å². The molecule has 4 nitrogen and oxygen atoms in total. The van der Waals surface area contributed by atoms with E-state index in [4.69, 9.17) is 23.2 Å². The lowest BCUT2D eigenvalue weighted by Gasteiger charge is -2.38. The van der Waals surface area contributed by atoms with E-state index in [-0.39, 0.29) is 12.5 Å². The minimum Gasteiger partial charge on any atom is -0.395 e. The lowest BCUT2D eigenvalue weighted by molar-refractivity contribution is -0.133. The Labute approximate surface area is 153 Å². The van der Waals surface area contributed by atoms with Gasteiger partial charge in [0.25, 0.3) is 0 Å². The molecule has 1 atom stereocenters. The predicted molar refractivity (Wildman–Crippen MR) is 96.3 cm³/mol. The molecule has 1 aromatic carbocycles. The number of hydrogen-bond donors (Lipinski definition) is 2. The Hall–Kier alpha value is -0.810. The fourth-order valence-corrected chi connectivity index (χ4v) is 4.15. The van der Waals surface area contributed by atoms with Crippen molar-refractivity contribution in [2.24, 2.45) is 5.92 Å². The number of hydrogen-bond acceptors (Lipinski definition) is 3. The van der Waals surface area contributed by atoms with Crippen LogP contribution in [0.1, 0.15) is 37.7 Å². The molecule has 1 amide bonds. The van der Waals surface area contributed by atoms with Gasteiger partial charge in [-0.25, -0.2) is 0 Å². The summed E-state index contributed by atoms with van der Waals surface area (Å²) in [5.74, 6) is 0.492. The summed E-state index contributed by atoms with van der Waals surface area (Å²) in [4.78, 5) is 14.4. The highest BCUT2D eigenvalue weighted by Gasteiger charge is 2.43. The van der Waals surface area contributed by atoms with Gasteiger partial charge in [-0.2, -0.15) is 0 Å². The normalized spacial score (nSPS) is 21.7. The zero-order chi connectivity index (χ0) is 17.2.